The number of aromatic nitrogens is 1. The van der Waals surface area contributed by atoms with Gasteiger partial charge in [0.15, 0.2) is 5.58 Å². The third kappa shape index (κ3) is 6.41. The van der Waals surface area contributed by atoms with Gasteiger partial charge in [0.05, 0.1) is 5.69 Å². The highest BCUT2D eigenvalue weighted by Gasteiger charge is 2.42. The molecule has 36 heavy (non-hydrogen) atoms. The zero-order valence-corrected chi connectivity index (χ0v) is 20.2. The van der Waals surface area contributed by atoms with Gasteiger partial charge < -0.3 is 19.5 Å². The van der Waals surface area contributed by atoms with E-state index in [0.717, 1.165) is 73.6 Å². The molecule has 8 nitrogen and oxygen atoms in total. The minimum Gasteiger partial charge on any atom is -0.485 e. The standard InChI is InChI=1S/C22H22ClFN2O2.C4H4O4/c23-16-4-7-20-15(11-16)13-22(27-20)8-2-10-26(14-22)9-1-3-19-18-6-5-17(24)12-21(18)28-25-19;5-3(6)1-2-4(7)8/h4-7,11-12H,1-3,8-10,13-14H2;1-2H,(H,5,6)(H,7,8)/b;2-1-. The molecule has 0 bridgehead atoms. The minimum absolute atomic E-state index is 0.122. The summed E-state index contributed by atoms with van der Waals surface area (Å²) in [5, 5.41) is 21.4. The summed E-state index contributed by atoms with van der Waals surface area (Å²) >= 11 is 6.15. The molecule has 0 radical (unpaired) electrons. The minimum atomic E-state index is -1.26. The van der Waals surface area contributed by atoms with E-state index in [2.05, 4.69) is 10.1 Å². The number of carboxylic acids is 2. The third-order valence-corrected chi connectivity index (χ3v) is 6.48. The molecule has 10 heteroatoms. The summed E-state index contributed by atoms with van der Waals surface area (Å²) in [6.45, 7) is 3.01. The van der Waals surface area contributed by atoms with Crippen molar-refractivity contribution in [1.82, 2.24) is 10.1 Å². The van der Waals surface area contributed by atoms with Crippen LogP contribution in [0.2, 0.25) is 5.02 Å². The van der Waals surface area contributed by atoms with Gasteiger partial charge in [0.2, 0.25) is 0 Å². The second-order valence-electron chi connectivity index (χ2n) is 8.98. The molecule has 2 N–H and O–H groups in total. The van der Waals surface area contributed by atoms with Crippen LogP contribution in [0.5, 0.6) is 5.75 Å². The van der Waals surface area contributed by atoms with Crippen molar-refractivity contribution in [1.29, 1.82) is 0 Å². The van der Waals surface area contributed by atoms with Crippen LogP contribution in [0.3, 0.4) is 0 Å². The summed E-state index contributed by atoms with van der Waals surface area (Å²) in [5.74, 6) is -1.83. The van der Waals surface area contributed by atoms with E-state index in [-0.39, 0.29) is 11.4 Å². The van der Waals surface area contributed by atoms with Crippen LogP contribution >= 0.6 is 11.6 Å². The normalized spacial score (nSPS) is 19.2. The van der Waals surface area contributed by atoms with Crippen LogP contribution in [0.1, 0.15) is 30.5 Å². The van der Waals surface area contributed by atoms with Crippen LogP contribution in [0.25, 0.3) is 11.0 Å². The number of carbonyl (C=O) groups is 2. The van der Waals surface area contributed by atoms with Gasteiger partial charge in [-0.2, -0.15) is 0 Å². The molecule has 1 fully saturated rings. The molecule has 1 atom stereocenters. The Kier molecular flexibility index (Phi) is 7.91. The average Bonchev–Trinajstić information content (AvgIpc) is 3.38. The van der Waals surface area contributed by atoms with E-state index in [9.17, 15) is 14.0 Å². The molecule has 5 rings (SSSR count). The van der Waals surface area contributed by atoms with Gasteiger partial charge in [0.25, 0.3) is 0 Å². The fourth-order valence-corrected chi connectivity index (χ4v) is 4.96. The number of aryl methyl sites for hydroxylation is 1. The van der Waals surface area contributed by atoms with Crippen LogP contribution in [0.4, 0.5) is 4.39 Å². The maximum absolute atomic E-state index is 13.3. The van der Waals surface area contributed by atoms with Crippen LogP contribution in [-0.2, 0) is 22.4 Å². The molecule has 0 amide bonds. The van der Waals surface area contributed by atoms with Gasteiger partial charge in [-0.3, -0.25) is 4.90 Å². The molecule has 0 saturated carbocycles. The maximum atomic E-state index is 13.3. The fraction of sp³-hybridized carbons (Fsp3) is 0.346. The highest BCUT2D eigenvalue weighted by Crippen LogP contribution is 2.41. The smallest absolute Gasteiger partial charge is 0.328 e. The van der Waals surface area contributed by atoms with E-state index in [1.165, 1.54) is 17.7 Å². The van der Waals surface area contributed by atoms with Crippen LogP contribution < -0.4 is 4.74 Å². The highest BCUT2D eigenvalue weighted by molar-refractivity contribution is 6.30. The SMILES string of the molecule is Fc1ccc2c(CCCN3CCCC4(Cc5cc(Cl)ccc5O4)C3)noc2c1.O=C(O)/C=C\C(=O)O. The van der Waals surface area contributed by atoms with Gasteiger partial charge in [-0.05, 0) is 74.7 Å². The molecule has 3 aromatic rings. The number of halogens is 2. The van der Waals surface area contributed by atoms with Gasteiger partial charge in [0, 0.05) is 41.6 Å². The molecule has 2 aliphatic heterocycles. The average molecular weight is 517 g/mol. The highest BCUT2D eigenvalue weighted by atomic mass is 35.5. The van der Waals surface area contributed by atoms with Crippen molar-refractivity contribution in [2.45, 2.75) is 37.7 Å². The number of ether oxygens (including phenoxy) is 1. The van der Waals surface area contributed by atoms with Crippen molar-refractivity contribution in [3.05, 3.63) is 70.6 Å². The molecular weight excluding hydrogens is 491 g/mol. The van der Waals surface area contributed by atoms with Crippen molar-refractivity contribution in [3.8, 4) is 5.75 Å². The first kappa shape index (κ1) is 25.7. The van der Waals surface area contributed by atoms with Crippen LogP contribution in [0, 0.1) is 5.82 Å². The Hall–Kier alpha value is -3.43. The number of benzene rings is 2. The zero-order valence-electron chi connectivity index (χ0n) is 19.5. The van der Waals surface area contributed by atoms with Gasteiger partial charge in [-0.15, -0.1) is 0 Å². The third-order valence-electron chi connectivity index (χ3n) is 6.25. The summed E-state index contributed by atoms with van der Waals surface area (Å²) < 4.78 is 24.9. The van der Waals surface area contributed by atoms with E-state index >= 15 is 0 Å². The predicted octanol–water partition coefficient (Wildman–Crippen LogP) is 4.73. The molecule has 1 unspecified atom stereocenters. The molecular formula is C26H26ClFN2O6. The number of likely N-dealkylation sites (tertiary alicyclic amines) is 1. The first-order chi connectivity index (χ1) is 17.2. The predicted molar refractivity (Wildman–Crippen MR) is 131 cm³/mol. The fourth-order valence-electron chi connectivity index (χ4n) is 4.77. The summed E-state index contributed by atoms with van der Waals surface area (Å²) in [5.41, 5.74) is 2.52. The van der Waals surface area contributed by atoms with Gasteiger partial charge in [0.1, 0.15) is 17.2 Å². The number of carboxylic acid groups (broad SMARTS) is 2. The first-order valence-electron chi connectivity index (χ1n) is 11.6. The summed E-state index contributed by atoms with van der Waals surface area (Å²) in [6.07, 6.45) is 6.05. The molecule has 2 aromatic carbocycles. The van der Waals surface area contributed by atoms with Gasteiger partial charge >= 0.3 is 11.9 Å². The van der Waals surface area contributed by atoms with Crippen molar-refractivity contribution in [2.75, 3.05) is 19.6 Å². The number of aliphatic carboxylic acids is 2. The summed E-state index contributed by atoms with van der Waals surface area (Å²) in [6, 6.07) is 10.5. The molecule has 190 valence electrons. The first-order valence-corrected chi connectivity index (χ1v) is 12.0. The van der Waals surface area contributed by atoms with Crippen LogP contribution in [-0.4, -0.2) is 57.4 Å². The number of nitrogens with zero attached hydrogens (tertiary/aromatic N) is 2. The number of piperidine rings is 1. The van der Waals surface area contributed by atoms with Gasteiger partial charge in [-0.1, -0.05) is 16.8 Å². The molecule has 1 aromatic heterocycles. The van der Waals surface area contributed by atoms with Crippen molar-refractivity contribution < 1.29 is 33.5 Å². The number of rotatable bonds is 6. The van der Waals surface area contributed by atoms with Crippen LogP contribution in [0.15, 0.2) is 53.1 Å². The van der Waals surface area contributed by atoms with Gasteiger partial charge in [-0.25, -0.2) is 14.0 Å². The quantitative estimate of drug-likeness (QED) is 0.452. The number of hydrogen-bond acceptors (Lipinski definition) is 6. The maximum Gasteiger partial charge on any atom is 0.328 e. The zero-order chi connectivity index (χ0) is 25.7. The molecule has 1 spiro atoms. The lowest BCUT2D eigenvalue weighted by atomic mass is 9.88. The molecule has 2 aliphatic rings. The molecule has 0 aliphatic carbocycles. The largest absolute Gasteiger partial charge is 0.485 e. The lowest BCUT2D eigenvalue weighted by molar-refractivity contribution is -0.134. The lowest BCUT2D eigenvalue weighted by Gasteiger charge is -2.39. The van der Waals surface area contributed by atoms with E-state index in [1.807, 2.05) is 18.2 Å². The van der Waals surface area contributed by atoms with Crippen molar-refractivity contribution in [3.63, 3.8) is 0 Å². The molecule has 1 saturated heterocycles. The monoisotopic (exact) mass is 516 g/mol. The Morgan fingerprint density at radius 1 is 1.17 bits per heavy atom. The Labute approximate surface area is 211 Å². The Balaban J connectivity index is 0.000000331. The van der Waals surface area contributed by atoms with Crippen molar-refractivity contribution >= 4 is 34.5 Å². The number of fused-ring (bicyclic) bond motifs is 2. The second kappa shape index (κ2) is 11.1. The number of hydrogen-bond donors (Lipinski definition) is 2. The lowest BCUT2D eigenvalue weighted by Crippen LogP contribution is -2.51. The van der Waals surface area contributed by atoms with E-state index in [0.29, 0.717) is 17.7 Å². The molecule has 3 heterocycles. The Bertz CT molecular complexity index is 1280. The summed E-state index contributed by atoms with van der Waals surface area (Å²) in [7, 11) is 0. The summed E-state index contributed by atoms with van der Waals surface area (Å²) in [4.78, 5) is 21.6. The van der Waals surface area contributed by atoms with E-state index in [4.69, 9.17) is 31.1 Å². The van der Waals surface area contributed by atoms with Crippen molar-refractivity contribution in [2.24, 2.45) is 0 Å². The van der Waals surface area contributed by atoms with E-state index in [1.54, 1.807) is 6.07 Å². The second-order valence-corrected chi connectivity index (χ2v) is 9.41. The Morgan fingerprint density at radius 3 is 2.69 bits per heavy atom. The topological polar surface area (TPSA) is 113 Å². The van der Waals surface area contributed by atoms with E-state index < -0.39 is 11.9 Å². The Morgan fingerprint density at radius 2 is 1.94 bits per heavy atom.